The minimum atomic E-state index is -4.43. The van der Waals surface area contributed by atoms with E-state index in [2.05, 4.69) is 0 Å². The first-order chi connectivity index (χ1) is 11.2. The minimum Gasteiger partial charge on any atom is -0.369 e. The molecular weight excluding hydrogens is 321 g/mol. The summed E-state index contributed by atoms with van der Waals surface area (Å²) >= 11 is 0. The van der Waals surface area contributed by atoms with Gasteiger partial charge in [-0.2, -0.15) is 13.2 Å². The van der Waals surface area contributed by atoms with Gasteiger partial charge in [0.25, 0.3) is 0 Å². The number of alkyl halides is 3. The van der Waals surface area contributed by atoms with E-state index in [1.807, 2.05) is 6.92 Å². The number of halogens is 3. The maximum atomic E-state index is 12.7. The van der Waals surface area contributed by atoms with Crippen molar-refractivity contribution in [1.82, 2.24) is 4.90 Å². The summed E-state index contributed by atoms with van der Waals surface area (Å²) in [6.07, 6.45) is -0.550. The topological polar surface area (TPSA) is 63.4 Å². The first kappa shape index (κ1) is 18.0. The molecule has 1 saturated heterocycles. The van der Waals surface area contributed by atoms with Crippen LogP contribution in [0.15, 0.2) is 30.3 Å². The predicted molar refractivity (Wildman–Crippen MR) is 83.6 cm³/mol. The van der Waals surface area contributed by atoms with Gasteiger partial charge in [-0.1, -0.05) is 12.1 Å². The molecular formula is C17H19F3N2O2. The fourth-order valence-electron chi connectivity index (χ4n) is 2.73. The molecule has 0 radical (unpaired) electrons. The van der Waals surface area contributed by atoms with Gasteiger partial charge in [-0.25, -0.2) is 0 Å². The Balaban J connectivity index is 2.11. The number of rotatable bonds is 3. The van der Waals surface area contributed by atoms with Crippen LogP contribution in [0, 0.1) is 5.92 Å². The molecule has 2 N–H and O–H groups in total. The molecule has 130 valence electrons. The fraction of sp³-hybridized carbons (Fsp3) is 0.412. The van der Waals surface area contributed by atoms with Crippen LogP contribution >= 0.6 is 0 Å². The zero-order valence-corrected chi connectivity index (χ0v) is 13.2. The first-order valence-corrected chi connectivity index (χ1v) is 7.63. The average molecular weight is 340 g/mol. The largest absolute Gasteiger partial charge is 0.416 e. The molecule has 2 rings (SSSR count). The third-order valence-electron chi connectivity index (χ3n) is 4.20. The van der Waals surface area contributed by atoms with Gasteiger partial charge < -0.3 is 10.6 Å². The Bertz CT molecular complexity index is 655. The van der Waals surface area contributed by atoms with Crippen LogP contribution in [0.1, 0.15) is 30.9 Å². The monoisotopic (exact) mass is 340 g/mol. The number of piperidine rings is 1. The van der Waals surface area contributed by atoms with Gasteiger partial charge in [-0.3, -0.25) is 9.59 Å². The Morgan fingerprint density at radius 1 is 1.29 bits per heavy atom. The molecule has 1 aliphatic heterocycles. The normalized spacial score (nSPS) is 21.9. The van der Waals surface area contributed by atoms with Crippen molar-refractivity contribution in [2.75, 3.05) is 6.54 Å². The molecule has 24 heavy (non-hydrogen) atoms. The van der Waals surface area contributed by atoms with Crippen molar-refractivity contribution < 1.29 is 22.8 Å². The van der Waals surface area contributed by atoms with Crippen LogP contribution in [-0.2, 0) is 15.8 Å². The summed E-state index contributed by atoms with van der Waals surface area (Å²) in [7, 11) is 0. The van der Waals surface area contributed by atoms with Gasteiger partial charge in [0.2, 0.25) is 11.8 Å². The lowest BCUT2D eigenvalue weighted by Gasteiger charge is -2.36. The molecule has 0 aliphatic carbocycles. The van der Waals surface area contributed by atoms with Gasteiger partial charge in [-0.05, 0) is 43.5 Å². The van der Waals surface area contributed by atoms with Crippen molar-refractivity contribution in [3.05, 3.63) is 41.5 Å². The number of hydrogen-bond acceptors (Lipinski definition) is 2. The molecule has 1 heterocycles. The summed E-state index contributed by atoms with van der Waals surface area (Å²) in [6, 6.07) is 4.70. The second-order valence-electron chi connectivity index (χ2n) is 5.97. The molecule has 0 aromatic heterocycles. The Morgan fingerprint density at radius 3 is 2.62 bits per heavy atom. The molecule has 1 aromatic carbocycles. The van der Waals surface area contributed by atoms with E-state index in [-0.39, 0.29) is 30.0 Å². The van der Waals surface area contributed by atoms with E-state index in [4.69, 9.17) is 5.73 Å². The molecule has 0 unspecified atom stereocenters. The molecule has 2 amide bonds. The number of carbonyl (C=O) groups excluding carboxylic acids is 2. The Kier molecular flexibility index (Phi) is 5.31. The third kappa shape index (κ3) is 4.37. The van der Waals surface area contributed by atoms with E-state index in [1.54, 1.807) is 0 Å². The molecule has 1 aliphatic rings. The number of primary amides is 1. The SMILES string of the molecule is C[C@@H]1CC[C@@H](C(N)=O)CN1C(=O)/C=C\c1cccc(C(F)(F)F)c1. The van der Waals surface area contributed by atoms with Gasteiger partial charge in [0.15, 0.2) is 0 Å². The summed E-state index contributed by atoms with van der Waals surface area (Å²) < 4.78 is 38.1. The lowest BCUT2D eigenvalue weighted by molar-refractivity contribution is -0.137. The highest BCUT2D eigenvalue weighted by Crippen LogP contribution is 2.29. The molecule has 0 spiro atoms. The van der Waals surface area contributed by atoms with Crippen LogP contribution in [0.4, 0.5) is 13.2 Å². The first-order valence-electron chi connectivity index (χ1n) is 7.63. The second-order valence-corrected chi connectivity index (χ2v) is 5.97. The van der Waals surface area contributed by atoms with Crippen LogP contribution in [0.25, 0.3) is 6.08 Å². The van der Waals surface area contributed by atoms with Crippen LogP contribution in [0.3, 0.4) is 0 Å². The van der Waals surface area contributed by atoms with Gasteiger partial charge in [0, 0.05) is 18.7 Å². The lowest BCUT2D eigenvalue weighted by atomic mass is 9.93. The number of carbonyl (C=O) groups is 2. The minimum absolute atomic E-state index is 0.0424. The van der Waals surface area contributed by atoms with E-state index >= 15 is 0 Å². The number of hydrogen-bond donors (Lipinski definition) is 1. The maximum Gasteiger partial charge on any atom is 0.416 e. The van der Waals surface area contributed by atoms with Crippen molar-refractivity contribution in [1.29, 1.82) is 0 Å². The summed E-state index contributed by atoms with van der Waals surface area (Å²) in [5.74, 6) is -1.17. The highest BCUT2D eigenvalue weighted by Gasteiger charge is 2.31. The summed E-state index contributed by atoms with van der Waals surface area (Å²) in [6.45, 7) is 2.11. The van der Waals surface area contributed by atoms with Crippen LogP contribution < -0.4 is 5.73 Å². The smallest absolute Gasteiger partial charge is 0.369 e. The molecule has 7 heteroatoms. The van der Waals surface area contributed by atoms with Crippen LogP contribution in [0.5, 0.6) is 0 Å². The number of likely N-dealkylation sites (tertiary alicyclic amines) is 1. The Labute approximate surface area is 138 Å². The summed E-state index contributed by atoms with van der Waals surface area (Å²) in [5, 5.41) is 0. The third-order valence-corrected chi connectivity index (χ3v) is 4.20. The molecule has 2 atom stereocenters. The van der Waals surface area contributed by atoms with Crippen molar-refractivity contribution in [3.8, 4) is 0 Å². The van der Waals surface area contributed by atoms with Crippen molar-refractivity contribution in [2.24, 2.45) is 11.7 Å². The Hall–Kier alpha value is -2.31. The van der Waals surface area contributed by atoms with Crippen molar-refractivity contribution in [2.45, 2.75) is 32.0 Å². The maximum absolute atomic E-state index is 12.7. The number of benzene rings is 1. The van der Waals surface area contributed by atoms with E-state index in [9.17, 15) is 22.8 Å². The van der Waals surface area contributed by atoms with E-state index < -0.39 is 17.6 Å². The average Bonchev–Trinajstić information content (AvgIpc) is 2.52. The van der Waals surface area contributed by atoms with Crippen LogP contribution in [-0.4, -0.2) is 29.3 Å². The summed E-state index contributed by atoms with van der Waals surface area (Å²) in [4.78, 5) is 25.1. The van der Waals surface area contributed by atoms with E-state index in [0.717, 1.165) is 12.1 Å². The molecule has 4 nitrogen and oxygen atoms in total. The van der Waals surface area contributed by atoms with Crippen molar-refractivity contribution >= 4 is 17.9 Å². The molecule has 0 bridgehead atoms. The summed E-state index contributed by atoms with van der Waals surface area (Å²) in [5.41, 5.74) is 4.82. The highest BCUT2D eigenvalue weighted by atomic mass is 19.4. The fourth-order valence-corrected chi connectivity index (χ4v) is 2.73. The van der Waals surface area contributed by atoms with E-state index in [1.165, 1.54) is 29.2 Å². The number of nitrogens with zero attached hydrogens (tertiary/aromatic N) is 1. The van der Waals surface area contributed by atoms with Gasteiger partial charge in [0.1, 0.15) is 0 Å². The van der Waals surface area contributed by atoms with Crippen LogP contribution in [0.2, 0.25) is 0 Å². The Morgan fingerprint density at radius 2 is 2.00 bits per heavy atom. The zero-order valence-electron chi connectivity index (χ0n) is 13.2. The lowest BCUT2D eigenvalue weighted by Crippen LogP contribution is -2.48. The number of amides is 2. The van der Waals surface area contributed by atoms with Gasteiger partial charge >= 0.3 is 6.18 Å². The second kappa shape index (κ2) is 7.07. The highest BCUT2D eigenvalue weighted by molar-refractivity contribution is 5.92. The van der Waals surface area contributed by atoms with E-state index in [0.29, 0.717) is 12.8 Å². The standard InChI is InChI=1S/C17H19F3N2O2/c1-11-5-7-13(16(21)24)10-22(11)15(23)8-6-12-3-2-4-14(9-12)17(18,19)20/h2-4,6,8-9,11,13H,5,7,10H2,1H3,(H2,21,24)/b8-6-/t11-,13-/m1/s1. The number of nitrogens with two attached hydrogens (primary N) is 1. The zero-order chi connectivity index (χ0) is 17.9. The predicted octanol–water partition coefficient (Wildman–Crippen LogP) is 2.83. The molecule has 1 fully saturated rings. The molecule has 0 saturated carbocycles. The van der Waals surface area contributed by atoms with Crippen molar-refractivity contribution in [3.63, 3.8) is 0 Å². The van der Waals surface area contributed by atoms with Gasteiger partial charge in [0.05, 0.1) is 11.5 Å². The quantitative estimate of drug-likeness (QED) is 0.860. The van der Waals surface area contributed by atoms with Gasteiger partial charge in [-0.15, -0.1) is 0 Å². The molecule has 1 aromatic rings.